The van der Waals surface area contributed by atoms with E-state index in [0.717, 1.165) is 40.1 Å². The minimum absolute atomic E-state index is 0.140. The van der Waals surface area contributed by atoms with Gasteiger partial charge in [-0.2, -0.15) is 0 Å². The number of nitrogen functional groups attached to an aromatic ring is 1. The van der Waals surface area contributed by atoms with Crippen LogP contribution in [0.25, 0.3) is 11.1 Å². The van der Waals surface area contributed by atoms with Crippen LogP contribution in [0.15, 0.2) is 72.2 Å². The fraction of sp³-hybridized carbons (Fsp3) is 0.333. The standard InChI is InChI=1S/C27H35N5O/c1-18(2)10-24-8-6-20(15-30-24)12-27(33)19(3)25-13-22(7-9-26(25)31-28)23-11-21(14-29-16-23)17-32(4)5/h6-11,13-16,19,24,30-31H,12,17,28H2,1-5H3. The lowest BCUT2D eigenvalue weighted by atomic mass is 9.89. The zero-order valence-corrected chi connectivity index (χ0v) is 20.2. The van der Waals surface area contributed by atoms with Gasteiger partial charge in [0.25, 0.3) is 0 Å². The maximum absolute atomic E-state index is 13.2. The van der Waals surface area contributed by atoms with Crippen molar-refractivity contribution in [2.45, 2.75) is 45.7 Å². The molecule has 0 bridgehead atoms. The second-order valence-corrected chi connectivity index (χ2v) is 9.15. The number of dihydropyridines is 1. The number of hydrogen-bond donors (Lipinski definition) is 3. The highest BCUT2D eigenvalue weighted by Gasteiger charge is 2.21. The van der Waals surface area contributed by atoms with Crippen molar-refractivity contribution in [3.05, 3.63) is 83.4 Å². The normalized spacial score (nSPS) is 16.1. The second kappa shape index (κ2) is 11.1. The number of nitrogens with two attached hydrogens (primary N) is 1. The summed E-state index contributed by atoms with van der Waals surface area (Å²) >= 11 is 0. The molecule has 174 valence electrons. The van der Waals surface area contributed by atoms with E-state index in [4.69, 9.17) is 5.84 Å². The largest absolute Gasteiger partial charge is 0.381 e. The molecular weight excluding hydrogens is 410 g/mol. The Morgan fingerprint density at radius 3 is 2.67 bits per heavy atom. The molecule has 2 aromatic rings. The van der Waals surface area contributed by atoms with E-state index < -0.39 is 0 Å². The van der Waals surface area contributed by atoms with Gasteiger partial charge in [-0.25, -0.2) is 0 Å². The predicted octanol–water partition coefficient (Wildman–Crippen LogP) is 4.54. The van der Waals surface area contributed by atoms with E-state index in [1.54, 1.807) is 0 Å². The molecule has 6 nitrogen and oxygen atoms in total. The molecule has 0 amide bonds. The Labute approximate surface area is 197 Å². The van der Waals surface area contributed by atoms with E-state index in [0.29, 0.717) is 6.42 Å². The number of nitrogens with zero attached hydrogens (tertiary/aromatic N) is 2. The Morgan fingerprint density at radius 2 is 2.03 bits per heavy atom. The summed E-state index contributed by atoms with van der Waals surface area (Å²) in [6.45, 7) is 6.91. The van der Waals surface area contributed by atoms with E-state index in [1.165, 1.54) is 5.57 Å². The smallest absolute Gasteiger partial charge is 0.144 e. The van der Waals surface area contributed by atoms with Crippen LogP contribution in [0.5, 0.6) is 0 Å². The van der Waals surface area contributed by atoms with Gasteiger partial charge in [-0.05, 0) is 68.4 Å². The minimum Gasteiger partial charge on any atom is -0.381 e. The maximum atomic E-state index is 13.2. The van der Waals surface area contributed by atoms with Crippen molar-refractivity contribution in [3.63, 3.8) is 0 Å². The van der Waals surface area contributed by atoms with Gasteiger partial charge in [0.1, 0.15) is 5.78 Å². The Bertz CT molecular complexity index is 1080. The quantitative estimate of drug-likeness (QED) is 0.299. The number of hydrogen-bond acceptors (Lipinski definition) is 6. The van der Waals surface area contributed by atoms with Gasteiger partial charge in [0.2, 0.25) is 0 Å². The summed E-state index contributed by atoms with van der Waals surface area (Å²) in [5.74, 6) is 5.61. The number of allylic oxidation sites excluding steroid dienone is 3. The van der Waals surface area contributed by atoms with Crippen molar-refractivity contribution in [1.29, 1.82) is 0 Å². The molecule has 1 aromatic carbocycles. The van der Waals surface area contributed by atoms with Gasteiger partial charge in [0.05, 0.1) is 11.7 Å². The topological polar surface area (TPSA) is 83.3 Å². The van der Waals surface area contributed by atoms with Crippen molar-refractivity contribution >= 4 is 11.5 Å². The zero-order chi connectivity index (χ0) is 24.0. The molecule has 3 rings (SSSR count). The van der Waals surface area contributed by atoms with Crippen LogP contribution in [0.3, 0.4) is 0 Å². The van der Waals surface area contributed by atoms with Gasteiger partial charge < -0.3 is 15.6 Å². The summed E-state index contributed by atoms with van der Waals surface area (Å²) in [6, 6.07) is 8.29. The Balaban J connectivity index is 1.79. The highest BCUT2D eigenvalue weighted by Crippen LogP contribution is 2.32. The molecule has 2 heterocycles. The van der Waals surface area contributed by atoms with Gasteiger partial charge >= 0.3 is 0 Å². The highest BCUT2D eigenvalue weighted by molar-refractivity contribution is 5.90. The van der Waals surface area contributed by atoms with Crippen LogP contribution in [0, 0.1) is 0 Å². The zero-order valence-electron chi connectivity index (χ0n) is 20.2. The van der Waals surface area contributed by atoms with Crippen molar-refractivity contribution in [2.75, 3.05) is 19.5 Å². The molecular formula is C27H35N5O. The fourth-order valence-electron chi connectivity index (χ4n) is 3.96. The van der Waals surface area contributed by atoms with E-state index in [1.807, 2.05) is 63.9 Å². The summed E-state index contributed by atoms with van der Waals surface area (Å²) in [7, 11) is 4.07. The van der Waals surface area contributed by atoms with Crippen LogP contribution in [-0.4, -0.2) is 35.8 Å². The fourth-order valence-corrected chi connectivity index (χ4v) is 3.96. The number of benzene rings is 1. The van der Waals surface area contributed by atoms with E-state index >= 15 is 0 Å². The molecule has 1 aliphatic heterocycles. The molecule has 0 saturated heterocycles. The first-order valence-electron chi connectivity index (χ1n) is 11.3. The first-order valence-corrected chi connectivity index (χ1v) is 11.3. The summed E-state index contributed by atoms with van der Waals surface area (Å²) < 4.78 is 0. The lowest BCUT2D eigenvalue weighted by molar-refractivity contribution is -0.119. The Morgan fingerprint density at radius 1 is 1.24 bits per heavy atom. The molecule has 1 aliphatic rings. The second-order valence-electron chi connectivity index (χ2n) is 9.15. The van der Waals surface area contributed by atoms with E-state index in [-0.39, 0.29) is 17.7 Å². The number of carbonyl (C=O) groups excluding carboxylic acids is 1. The minimum atomic E-state index is -0.307. The van der Waals surface area contributed by atoms with Crippen molar-refractivity contribution in [1.82, 2.24) is 15.2 Å². The third-order valence-electron chi connectivity index (χ3n) is 5.65. The molecule has 0 spiro atoms. The van der Waals surface area contributed by atoms with Crippen LogP contribution >= 0.6 is 0 Å². The van der Waals surface area contributed by atoms with Gasteiger partial charge in [0, 0.05) is 43.0 Å². The molecule has 1 aromatic heterocycles. The number of rotatable bonds is 9. The number of hydrazine groups is 1. The number of ketones is 1. The molecule has 2 unspecified atom stereocenters. The van der Waals surface area contributed by atoms with Gasteiger partial charge in [0.15, 0.2) is 0 Å². The van der Waals surface area contributed by atoms with Gasteiger partial charge in [-0.15, -0.1) is 0 Å². The molecule has 33 heavy (non-hydrogen) atoms. The number of nitrogens with one attached hydrogen (secondary N) is 2. The molecule has 0 radical (unpaired) electrons. The van der Waals surface area contributed by atoms with Crippen molar-refractivity contribution < 1.29 is 4.79 Å². The first-order chi connectivity index (χ1) is 15.8. The molecule has 0 saturated carbocycles. The predicted molar refractivity (Wildman–Crippen MR) is 136 cm³/mol. The number of carbonyl (C=O) groups is 1. The SMILES string of the molecule is CC(C)=CC1C=CC(CC(=O)C(C)c2cc(-c3cncc(CN(C)C)c3)ccc2NN)=CN1. The Hall–Kier alpha value is -3.22. The number of aromatic nitrogens is 1. The third kappa shape index (κ3) is 6.63. The first kappa shape index (κ1) is 24.4. The molecule has 4 N–H and O–H groups in total. The van der Waals surface area contributed by atoms with Gasteiger partial charge in [-0.1, -0.05) is 36.8 Å². The molecule has 6 heteroatoms. The summed E-state index contributed by atoms with van der Waals surface area (Å²) in [6.07, 6.45) is 12.3. The van der Waals surface area contributed by atoms with Crippen molar-refractivity contribution in [3.8, 4) is 11.1 Å². The summed E-state index contributed by atoms with van der Waals surface area (Å²) in [4.78, 5) is 19.7. The van der Waals surface area contributed by atoms with E-state index in [9.17, 15) is 4.79 Å². The third-order valence-corrected chi connectivity index (χ3v) is 5.65. The summed E-state index contributed by atoms with van der Waals surface area (Å²) in [5.41, 5.74) is 9.79. The average Bonchev–Trinajstić information content (AvgIpc) is 2.78. The van der Waals surface area contributed by atoms with E-state index in [2.05, 4.69) is 52.7 Å². The number of anilines is 1. The number of Topliss-reactive ketones (excluding diaryl/α,β-unsaturated/α-hetero) is 1. The van der Waals surface area contributed by atoms with Crippen LogP contribution in [0.4, 0.5) is 5.69 Å². The number of pyridine rings is 1. The molecule has 2 atom stereocenters. The molecule has 0 fully saturated rings. The highest BCUT2D eigenvalue weighted by atomic mass is 16.1. The van der Waals surface area contributed by atoms with Crippen molar-refractivity contribution in [2.24, 2.45) is 5.84 Å². The monoisotopic (exact) mass is 445 g/mol. The Kier molecular flexibility index (Phi) is 8.20. The molecule has 0 aliphatic carbocycles. The summed E-state index contributed by atoms with van der Waals surface area (Å²) in [5, 5.41) is 3.34. The van der Waals surface area contributed by atoms with Crippen LogP contribution in [-0.2, 0) is 11.3 Å². The van der Waals surface area contributed by atoms with Gasteiger partial charge in [-0.3, -0.25) is 15.6 Å². The van der Waals surface area contributed by atoms with Crippen LogP contribution in [0.1, 0.15) is 44.2 Å². The van der Waals surface area contributed by atoms with Crippen LogP contribution in [0.2, 0.25) is 0 Å². The van der Waals surface area contributed by atoms with Crippen LogP contribution < -0.4 is 16.6 Å². The average molecular weight is 446 g/mol. The lowest BCUT2D eigenvalue weighted by Gasteiger charge is -2.19. The lowest BCUT2D eigenvalue weighted by Crippen LogP contribution is -2.23. The maximum Gasteiger partial charge on any atom is 0.144 e.